The molecule has 1 aromatic rings. The summed E-state index contributed by atoms with van der Waals surface area (Å²) in [4.78, 5) is 11.0. The van der Waals surface area contributed by atoms with Gasteiger partial charge in [-0.3, -0.25) is 4.79 Å². The molecule has 82 valence electrons. The van der Waals surface area contributed by atoms with Crippen LogP contribution >= 0.6 is 0 Å². The van der Waals surface area contributed by atoms with Crippen LogP contribution in [0.4, 0.5) is 8.78 Å². The summed E-state index contributed by atoms with van der Waals surface area (Å²) in [6, 6.07) is 6.34. The van der Waals surface area contributed by atoms with E-state index < -0.39 is 12.2 Å². The maximum atomic E-state index is 12.1. The summed E-state index contributed by atoms with van der Waals surface area (Å²) < 4.78 is 24.2. The van der Waals surface area contributed by atoms with E-state index in [4.69, 9.17) is 0 Å². The van der Waals surface area contributed by atoms with Gasteiger partial charge in [0.05, 0.1) is 0 Å². The quantitative estimate of drug-likeness (QED) is 0.686. The monoisotopic (exact) mass is 212 g/mol. The minimum atomic E-state index is -2.93. The smallest absolute Gasteiger partial charge is 0.288 e. The van der Waals surface area contributed by atoms with Crippen LogP contribution in [0.25, 0.3) is 0 Å². The lowest BCUT2D eigenvalue weighted by atomic mass is 9.86. The van der Waals surface area contributed by atoms with Crippen LogP contribution < -0.4 is 0 Å². The number of alkyl halides is 2. The number of Topliss-reactive ketones (excluding diaryl/α,β-unsaturated/α-hetero) is 1. The van der Waals surface area contributed by atoms with Crippen molar-refractivity contribution in [2.24, 2.45) is 0 Å². The summed E-state index contributed by atoms with van der Waals surface area (Å²) in [5.41, 5.74) is 1.05. The van der Waals surface area contributed by atoms with Crippen molar-refractivity contribution in [3.63, 3.8) is 0 Å². The van der Waals surface area contributed by atoms with Crippen LogP contribution in [-0.4, -0.2) is 12.2 Å². The van der Waals surface area contributed by atoms with Crippen molar-refractivity contribution in [1.29, 1.82) is 0 Å². The lowest BCUT2D eigenvalue weighted by molar-refractivity contribution is 0.0678. The Bertz CT molecular complexity index is 347. The summed E-state index contributed by atoms with van der Waals surface area (Å²) >= 11 is 0. The number of rotatable bonds is 2. The Morgan fingerprint density at radius 1 is 1.13 bits per heavy atom. The topological polar surface area (TPSA) is 17.1 Å². The fourth-order valence-corrected chi connectivity index (χ4v) is 1.26. The minimum absolute atomic E-state index is 0.0353. The number of hydrogen-bond donors (Lipinski definition) is 0. The van der Waals surface area contributed by atoms with Gasteiger partial charge >= 0.3 is 6.43 Å². The molecule has 0 aromatic heterocycles. The Labute approximate surface area is 88.1 Å². The van der Waals surface area contributed by atoms with Crippen LogP contribution in [0.15, 0.2) is 24.3 Å². The molecule has 1 aromatic carbocycles. The first-order valence-corrected chi connectivity index (χ1v) is 4.75. The van der Waals surface area contributed by atoms with Crippen molar-refractivity contribution < 1.29 is 13.6 Å². The number of carbonyl (C=O) groups is 1. The van der Waals surface area contributed by atoms with Crippen molar-refractivity contribution in [3.05, 3.63) is 35.4 Å². The SMILES string of the molecule is CC(C)(C)c1ccc(C(=O)C(F)F)cc1. The van der Waals surface area contributed by atoms with E-state index >= 15 is 0 Å². The van der Waals surface area contributed by atoms with Crippen LogP contribution in [0.5, 0.6) is 0 Å². The van der Waals surface area contributed by atoms with E-state index in [1.165, 1.54) is 12.1 Å². The maximum Gasteiger partial charge on any atom is 0.300 e. The van der Waals surface area contributed by atoms with Gasteiger partial charge in [-0.2, -0.15) is 0 Å². The highest BCUT2D eigenvalue weighted by Gasteiger charge is 2.19. The van der Waals surface area contributed by atoms with E-state index in [2.05, 4.69) is 0 Å². The molecule has 0 aliphatic heterocycles. The summed E-state index contributed by atoms with van der Waals surface area (Å²) in [5, 5.41) is 0. The van der Waals surface area contributed by atoms with Crippen molar-refractivity contribution >= 4 is 5.78 Å². The fourth-order valence-electron chi connectivity index (χ4n) is 1.26. The normalized spacial score (nSPS) is 11.9. The summed E-state index contributed by atoms with van der Waals surface area (Å²) in [5.74, 6) is -1.12. The zero-order valence-electron chi connectivity index (χ0n) is 9.05. The number of halogens is 2. The average Bonchev–Trinajstić information content (AvgIpc) is 2.15. The third-order valence-corrected chi connectivity index (χ3v) is 2.23. The van der Waals surface area contributed by atoms with Crippen molar-refractivity contribution in [2.45, 2.75) is 32.6 Å². The largest absolute Gasteiger partial charge is 0.300 e. The summed E-state index contributed by atoms with van der Waals surface area (Å²) in [6.07, 6.45) is -2.93. The van der Waals surface area contributed by atoms with Gasteiger partial charge in [0, 0.05) is 5.56 Å². The Morgan fingerprint density at radius 3 is 1.93 bits per heavy atom. The molecule has 0 saturated carbocycles. The Hall–Kier alpha value is -1.25. The Kier molecular flexibility index (Phi) is 3.22. The second-order valence-corrected chi connectivity index (χ2v) is 4.49. The van der Waals surface area contributed by atoms with E-state index in [1.54, 1.807) is 12.1 Å². The second kappa shape index (κ2) is 4.09. The van der Waals surface area contributed by atoms with Gasteiger partial charge in [0.15, 0.2) is 0 Å². The van der Waals surface area contributed by atoms with Gasteiger partial charge < -0.3 is 0 Å². The third-order valence-electron chi connectivity index (χ3n) is 2.23. The Morgan fingerprint density at radius 2 is 1.60 bits per heavy atom. The van der Waals surface area contributed by atoms with E-state index in [0.717, 1.165) is 5.56 Å². The molecular weight excluding hydrogens is 198 g/mol. The van der Waals surface area contributed by atoms with Gasteiger partial charge in [0.25, 0.3) is 0 Å². The van der Waals surface area contributed by atoms with Crippen LogP contribution in [-0.2, 0) is 5.41 Å². The number of carbonyl (C=O) groups excluding carboxylic acids is 1. The van der Waals surface area contributed by atoms with Crippen molar-refractivity contribution in [2.75, 3.05) is 0 Å². The first-order valence-electron chi connectivity index (χ1n) is 4.75. The first kappa shape index (κ1) is 11.8. The molecule has 15 heavy (non-hydrogen) atoms. The van der Waals surface area contributed by atoms with Gasteiger partial charge in [-0.1, -0.05) is 45.0 Å². The number of ketones is 1. The number of benzene rings is 1. The summed E-state index contributed by atoms with van der Waals surface area (Å²) in [6.45, 7) is 6.07. The molecule has 3 heteroatoms. The molecule has 0 fully saturated rings. The third kappa shape index (κ3) is 2.85. The predicted octanol–water partition coefficient (Wildman–Crippen LogP) is 3.43. The molecule has 0 aliphatic carbocycles. The molecule has 0 bridgehead atoms. The lowest BCUT2D eigenvalue weighted by Gasteiger charge is -2.18. The standard InChI is InChI=1S/C12H14F2O/c1-12(2,3)9-6-4-8(5-7-9)10(15)11(13)14/h4-7,11H,1-3H3. The van der Waals surface area contributed by atoms with Gasteiger partial charge in [-0.15, -0.1) is 0 Å². The molecule has 1 rings (SSSR count). The fraction of sp³-hybridized carbons (Fsp3) is 0.417. The van der Waals surface area contributed by atoms with Crippen LogP contribution in [0.1, 0.15) is 36.7 Å². The van der Waals surface area contributed by atoms with Crippen LogP contribution in [0.3, 0.4) is 0 Å². The predicted molar refractivity (Wildman–Crippen MR) is 55.5 cm³/mol. The van der Waals surface area contributed by atoms with Crippen molar-refractivity contribution in [3.8, 4) is 0 Å². The molecule has 0 aliphatic rings. The average molecular weight is 212 g/mol. The maximum absolute atomic E-state index is 12.1. The molecule has 0 amide bonds. The van der Waals surface area contributed by atoms with E-state index in [9.17, 15) is 13.6 Å². The summed E-state index contributed by atoms with van der Waals surface area (Å²) in [7, 11) is 0. The lowest BCUT2D eigenvalue weighted by Crippen LogP contribution is -2.13. The number of hydrogen-bond acceptors (Lipinski definition) is 1. The minimum Gasteiger partial charge on any atom is -0.288 e. The van der Waals surface area contributed by atoms with Gasteiger partial charge in [0.2, 0.25) is 5.78 Å². The van der Waals surface area contributed by atoms with Gasteiger partial charge in [-0.05, 0) is 11.0 Å². The van der Waals surface area contributed by atoms with Gasteiger partial charge in [-0.25, -0.2) is 8.78 Å². The molecule has 0 heterocycles. The highest BCUT2D eigenvalue weighted by atomic mass is 19.3. The van der Waals surface area contributed by atoms with Crippen molar-refractivity contribution in [1.82, 2.24) is 0 Å². The highest BCUT2D eigenvalue weighted by molar-refractivity contribution is 5.98. The molecule has 0 N–H and O–H groups in total. The van der Waals surface area contributed by atoms with Crippen LogP contribution in [0.2, 0.25) is 0 Å². The molecule has 0 saturated heterocycles. The van der Waals surface area contributed by atoms with Crippen LogP contribution in [0, 0.1) is 0 Å². The van der Waals surface area contributed by atoms with E-state index in [1.807, 2.05) is 20.8 Å². The van der Waals surface area contributed by atoms with E-state index in [-0.39, 0.29) is 11.0 Å². The van der Waals surface area contributed by atoms with Gasteiger partial charge in [0.1, 0.15) is 0 Å². The zero-order chi connectivity index (χ0) is 11.6. The highest BCUT2D eigenvalue weighted by Crippen LogP contribution is 2.22. The molecule has 0 radical (unpaired) electrons. The molecule has 0 spiro atoms. The zero-order valence-corrected chi connectivity index (χ0v) is 9.05. The molecule has 1 nitrogen and oxygen atoms in total. The molecular formula is C12H14F2O. The molecule has 0 unspecified atom stereocenters. The second-order valence-electron chi connectivity index (χ2n) is 4.49. The molecule has 0 atom stereocenters. The Balaban J connectivity index is 2.96. The first-order chi connectivity index (χ1) is 6.82. The van der Waals surface area contributed by atoms with E-state index in [0.29, 0.717) is 0 Å².